The van der Waals surface area contributed by atoms with Crippen molar-refractivity contribution in [3.63, 3.8) is 0 Å². The Kier molecular flexibility index (Phi) is 5.99. The number of hydrogen-bond donors (Lipinski definition) is 1. The molecule has 2 rings (SSSR count). The van der Waals surface area contributed by atoms with Crippen LogP contribution in [0, 0.1) is 0 Å². The van der Waals surface area contributed by atoms with E-state index in [2.05, 4.69) is 34.1 Å². The number of hydrogen-bond acceptors (Lipinski definition) is 4. The Morgan fingerprint density at radius 2 is 2.05 bits per heavy atom. The third-order valence-corrected chi connectivity index (χ3v) is 3.91. The summed E-state index contributed by atoms with van der Waals surface area (Å²) >= 11 is 0. The highest BCUT2D eigenvalue weighted by Crippen LogP contribution is 2.16. The van der Waals surface area contributed by atoms with E-state index in [9.17, 15) is 4.79 Å². The molecule has 1 aliphatic heterocycles. The van der Waals surface area contributed by atoms with Gasteiger partial charge < -0.3 is 15.1 Å². The molecule has 0 saturated carbocycles. The molecule has 1 amide bonds. The molecule has 0 bridgehead atoms. The van der Waals surface area contributed by atoms with E-state index in [0.717, 1.165) is 57.7 Å². The van der Waals surface area contributed by atoms with Crippen LogP contribution in [0.1, 0.15) is 36.7 Å². The maximum absolute atomic E-state index is 12.1. The second-order valence-corrected chi connectivity index (χ2v) is 5.65. The number of aromatic nitrogens is 1. The maximum Gasteiger partial charge on any atom is 0.269 e. The molecular weight excluding hydrogens is 264 g/mol. The van der Waals surface area contributed by atoms with Crippen molar-refractivity contribution in [1.82, 2.24) is 15.2 Å². The Morgan fingerprint density at radius 1 is 1.29 bits per heavy atom. The van der Waals surface area contributed by atoms with E-state index >= 15 is 0 Å². The molecule has 2 heterocycles. The van der Waals surface area contributed by atoms with E-state index in [1.54, 1.807) is 6.20 Å². The van der Waals surface area contributed by atoms with E-state index in [-0.39, 0.29) is 5.91 Å². The Hall–Kier alpha value is -1.62. The molecule has 0 radical (unpaired) electrons. The van der Waals surface area contributed by atoms with Crippen LogP contribution in [0.25, 0.3) is 0 Å². The summed E-state index contributed by atoms with van der Waals surface area (Å²) in [6.45, 7) is 6.99. The molecule has 1 aromatic rings. The average molecular weight is 290 g/mol. The molecule has 0 unspecified atom stereocenters. The van der Waals surface area contributed by atoms with Gasteiger partial charge in [0.05, 0.1) is 0 Å². The van der Waals surface area contributed by atoms with Gasteiger partial charge in [-0.25, -0.2) is 0 Å². The molecule has 0 atom stereocenters. The standard InChI is InChI=1S/C16H26N4O/c1-3-4-5-7-18-16(21)15-13-14(6-8-17-15)20-11-9-19(2)10-12-20/h6,8,13H,3-5,7,9-12H2,1-2H3,(H,18,21). The van der Waals surface area contributed by atoms with Gasteiger partial charge >= 0.3 is 0 Å². The number of carbonyl (C=O) groups is 1. The fraction of sp³-hybridized carbons (Fsp3) is 0.625. The van der Waals surface area contributed by atoms with Gasteiger partial charge in [-0.05, 0) is 25.6 Å². The molecule has 0 aliphatic carbocycles. The first-order valence-corrected chi connectivity index (χ1v) is 7.88. The summed E-state index contributed by atoms with van der Waals surface area (Å²) in [6, 6.07) is 3.89. The minimum atomic E-state index is -0.0675. The van der Waals surface area contributed by atoms with Crippen LogP contribution in [0.3, 0.4) is 0 Å². The topological polar surface area (TPSA) is 48.5 Å². The van der Waals surface area contributed by atoms with Crippen molar-refractivity contribution < 1.29 is 4.79 Å². The lowest BCUT2D eigenvalue weighted by atomic mass is 10.2. The number of nitrogens with zero attached hydrogens (tertiary/aromatic N) is 3. The number of amides is 1. The van der Waals surface area contributed by atoms with Crippen LogP contribution in [0.2, 0.25) is 0 Å². The van der Waals surface area contributed by atoms with Crippen molar-refractivity contribution in [3.8, 4) is 0 Å². The van der Waals surface area contributed by atoms with Gasteiger partial charge in [-0.3, -0.25) is 9.78 Å². The summed E-state index contributed by atoms with van der Waals surface area (Å²) < 4.78 is 0. The van der Waals surface area contributed by atoms with E-state index in [1.165, 1.54) is 0 Å². The number of rotatable bonds is 6. The SMILES string of the molecule is CCCCCNC(=O)c1cc(N2CCN(C)CC2)ccn1. The van der Waals surface area contributed by atoms with E-state index in [1.807, 2.05) is 12.1 Å². The van der Waals surface area contributed by atoms with Crippen molar-refractivity contribution in [2.75, 3.05) is 44.7 Å². The highest BCUT2D eigenvalue weighted by atomic mass is 16.1. The fourth-order valence-corrected chi connectivity index (χ4v) is 2.47. The Balaban J connectivity index is 1.92. The molecule has 1 N–H and O–H groups in total. The summed E-state index contributed by atoms with van der Waals surface area (Å²) in [7, 11) is 2.14. The number of pyridine rings is 1. The summed E-state index contributed by atoms with van der Waals surface area (Å²) in [6.07, 6.45) is 5.07. The lowest BCUT2D eigenvalue weighted by molar-refractivity contribution is 0.0948. The van der Waals surface area contributed by atoms with Crippen molar-refractivity contribution >= 4 is 11.6 Å². The molecule has 1 aromatic heterocycles. The summed E-state index contributed by atoms with van der Waals surface area (Å²) in [5.74, 6) is -0.0675. The Labute approximate surface area is 127 Å². The largest absolute Gasteiger partial charge is 0.369 e. The van der Waals surface area contributed by atoms with Crippen LogP contribution in [0.5, 0.6) is 0 Å². The number of likely N-dealkylation sites (N-methyl/N-ethyl adjacent to an activating group) is 1. The number of anilines is 1. The van der Waals surface area contributed by atoms with Gasteiger partial charge in [0.25, 0.3) is 5.91 Å². The summed E-state index contributed by atoms with van der Waals surface area (Å²) in [5, 5.41) is 2.94. The van der Waals surface area contributed by atoms with Crippen LogP contribution < -0.4 is 10.2 Å². The first kappa shape index (κ1) is 15.8. The quantitative estimate of drug-likeness (QED) is 0.811. The highest BCUT2D eigenvalue weighted by Gasteiger charge is 2.16. The number of nitrogens with one attached hydrogen (secondary N) is 1. The maximum atomic E-state index is 12.1. The van der Waals surface area contributed by atoms with Crippen molar-refractivity contribution in [2.24, 2.45) is 0 Å². The van der Waals surface area contributed by atoms with Crippen LogP contribution in [-0.2, 0) is 0 Å². The van der Waals surface area contributed by atoms with Gasteiger partial charge in [0.1, 0.15) is 5.69 Å². The minimum Gasteiger partial charge on any atom is -0.369 e. The van der Waals surface area contributed by atoms with E-state index < -0.39 is 0 Å². The van der Waals surface area contributed by atoms with Gasteiger partial charge in [0.15, 0.2) is 0 Å². The van der Waals surface area contributed by atoms with Crippen LogP contribution in [0.4, 0.5) is 5.69 Å². The van der Waals surface area contributed by atoms with Crippen LogP contribution in [0.15, 0.2) is 18.3 Å². The second-order valence-electron chi connectivity index (χ2n) is 5.65. The molecule has 0 spiro atoms. The lowest BCUT2D eigenvalue weighted by Gasteiger charge is -2.34. The zero-order chi connectivity index (χ0) is 15.1. The van der Waals surface area contributed by atoms with Crippen molar-refractivity contribution in [3.05, 3.63) is 24.0 Å². The van der Waals surface area contributed by atoms with Crippen LogP contribution >= 0.6 is 0 Å². The lowest BCUT2D eigenvalue weighted by Crippen LogP contribution is -2.44. The zero-order valence-electron chi connectivity index (χ0n) is 13.1. The normalized spacial score (nSPS) is 16.0. The third-order valence-electron chi connectivity index (χ3n) is 3.91. The van der Waals surface area contributed by atoms with E-state index in [4.69, 9.17) is 0 Å². The number of piperazine rings is 1. The van der Waals surface area contributed by atoms with Gasteiger partial charge in [0, 0.05) is 44.6 Å². The molecule has 5 heteroatoms. The third kappa shape index (κ3) is 4.70. The highest BCUT2D eigenvalue weighted by molar-refractivity contribution is 5.93. The number of unbranched alkanes of at least 4 members (excludes halogenated alkanes) is 2. The predicted molar refractivity (Wildman–Crippen MR) is 85.8 cm³/mol. The first-order valence-electron chi connectivity index (χ1n) is 7.88. The summed E-state index contributed by atoms with van der Waals surface area (Å²) in [4.78, 5) is 20.9. The zero-order valence-corrected chi connectivity index (χ0v) is 13.1. The second kappa shape index (κ2) is 7.98. The van der Waals surface area contributed by atoms with Gasteiger partial charge in [-0.15, -0.1) is 0 Å². The predicted octanol–water partition coefficient (Wildman–Crippen LogP) is 1.75. The van der Waals surface area contributed by atoms with Crippen molar-refractivity contribution in [1.29, 1.82) is 0 Å². The molecular formula is C16H26N4O. The molecule has 0 aromatic carbocycles. The molecule has 21 heavy (non-hydrogen) atoms. The van der Waals surface area contributed by atoms with E-state index in [0.29, 0.717) is 5.69 Å². The van der Waals surface area contributed by atoms with Crippen LogP contribution in [-0.4, -0.2) is 55.6 Å². The molecule has 1 aliphatic rings. The first-order chi connectivity index (χ1) is 10.2. The van der Waals surface area contributed by atoms with Gasteiger partial charge in [0.2, 0.25) is 0 Å². The minimum absolute atomic E-state index is 0.0675. The van der Waals surface area contributed by atoms with Gasteiger partial charge in [-0.2, -0.15) is 0 Å². The monoisotopic (exact) mass is 290 g/mol. The smallest absolute Gasteiger partial charge is 0.269 e. The Morgan fingerprint density at radius 3 is 2.76 bits per heavy atom. The van der Waals surface area contributed by atoms with Crippen molar-refractivity contribution in [2.45, 2.75) is 26.2 Å². The molecule has 1 saturated heterocycles. The average Bonchev–Trinajstić information content (AvgIpc) is 2.52. The molecule has 1 fully saturated rings. The van der Waals surface area contributed by atoms with Gasteiger partial charge in [-0.1, -0.05) is 19.8 Å². The fourth-order valence-electron chi connectivity index (χ4n) is 2.47. The Bertz CT molecular complexity index is 455. The summed E-state index contributed by atoms with van der Waals surface area (Å²) in [5.41, 5.74) is 1.61. The molecule has 116 valence electrons. The molecule has 5 nitrogen and oxygen atoms in total. The number of carbonyl (C=O) groups excluding carboxylic acids is 1.